The van der Waals surface area contributed by atoms with Gasteiger partial charge < -0.3 is 5.32 Å². The number of carbonyl (C=O) groups is 1. The molecule has 0 atom stereocenters. The minimum atomic E-state index is -1.74. The summed E-state index contributed by atoms with van der Waals surface area (Å²) in [5.74, 6) is -7.88. The average Bonchev–Trinajstić information content (AvgIpc) is 2.43. The van der Waals surface area contributed by atoms with Crippen molar-refractivity contribution in [3.8, 4) is 0 Å². The Labute approximate surface area is 125 Å². The van der Waals surface area contributed by atoms with Crippen LogP contribution in [-0.2, 0) is 0 Å². The first-order valence-electron chi connectivity index (χ1n) is 5.26. The molecule has 1 heterocycles. The quantitative estimate of drug-likeness (QED) is 0.506. The van der Waals surface area contributed by atoms with Gasteiger partial charge in [-0.1, -0.05) is 23.2 Å². The predicted octanol–water partition coefficient (Wildman–Crippen LogP) is 4.20. The lowest BCUT2D eigenvalue weighted by molar-refractivity contribution is 0.102. The summed E-state index contributed by atoms with van der Waals surface area (Å²) in [5.41, 5.74) is -1.53. The van der Waals surface area contributed by atoms with Crippen LogP contribution in [0.5, 0.6) is 0 Å². The van der Waals surface area contributed by atoms with Gasteiger partial charge in [0.2, 0.25) is 0 Å². The molecule has 3 nitrogen and oxygen atoms in total. The molecule has 0 aliphatic carbocycles. The normalized spacial score (nSPS) is 10.6. The minimum Gasteiger partial charge on any atom is -0.317 e. The Morgan fingerprint density at radius 2 is 1.62 bits per heavy atom. The number of amides is 1. The van der Waals surface area contributed by atoms with Crippen molar-refractivity contribution in [3.05, 3.63) is 57.3 Å². The van der Waals surface area contributed by atoms with Crippen molar-refractivity contribution >= 4 is 34.8 Å². The van der Waals surface area contributed by atoms with E-state index in [9.17, 15) is 22.4 Å². The first kappa shape index (κ1) is 15.5. The molecule has 1 aromatic heterocycles. The van der Waals surface area contributed by atoms with Crippen LogP contribution in [0.3, 0.4) is 0 Å². The summed E-state index contributed by atoms with van der Waals surface area (Å²) >= 11 is 11.2. The van der Waals surface area contributed by atoms with Gasteiger partial charge in [-0.3, -0.25) is 4.79 Å². The van der Waals surface area contributed by atoms with Crippen LogP contribution in [0.15, 0.2) is 18.3 Å². The predicted molar refractivity (Wildman–Crippen MR) is 68.5 cm³/mol. The Kier molecular flexibility index (Phi) is 4.34. The Balaban J connectivity index is 2.43. The van der Waals surface area contributed by atoms with Gasteiger partial charge in [0.15, 0.2) is 23.3 Å². The highest BCUT2D eigenvalue weighted by Crippen LogP contribution is 2.26. The molecular weight excluding hydrogens is 335 g/mol. The van der Waals surface area contributed by atoms with E-state index in [1.165, 1.54) is 0 Å². The number of nitrogens with one attached hydrogen (secondary N) is 1. The SMILES string of the molecule is O=C(Nc1c(F)c(F)cc(F)c1F)c1cc(Cl)ncc1Cl. The second-order valence-corrected chi connectivity index (χ2v) is 4.58. The van der Waals surface area contributed by atoms with Crippen molar-refractivity contribution in [2.45, 2.75) is 0 Å². The first-order chi connectivity index (χ1) is 9.81. The molecule has 0 saturated carbocycles. The third-order valence-electron chi connectivity index (χ3n) is 2.42. The van der Waals surface area contributed by atoms with Crippen molar-refractivity contribution < 1.29 is 22.4 Å². The molecule has 21 heavy (non-hydrogen) atoms. The molecule has 0 unspecified atom stereocenters. The summed E-state index contributed by atoms with van der Waals surface area (Å²) in [4.78, 5) is 15.4. The Morgan fingerprint density at radius 3 is 2.19 bits per heavy atom. The molecule has 0 fully saturated rings. The molecule has 2 aromatic rings. The van der Waals surface area contributed by atoms with Crippen LogP contribution in [0.2, 0.25) is 10.2 Å². The van der Waals surface area contributed by atoms with Gasteiger partial charge in [0, 0.05) is 12.3 Å². The van der Waals surface area contributed by atoms with Crippen LogP contribution in [0.25, 0.3) is 0 Å². The topological polar surface area (TPSA) is 42.0 Å². The highest BCUT2D eigenvalue weighted by molar-refractivity contribution is 6.35. The van der Waals surface area contributed by atoms with E-state index in [0.717, 1.165) is 12.3 Å². The van der Waals surface area contributed by atoms with E-state index in [-0.39, 0.29) is 21.8 Å². The van der Waals surface area contributed by atoms with Gasteiger partial charge in [-0.25, -0.2) is 22.5 Å². The van der Waals surface area contributed by atoms with Crippen molar-refractivity contribution in [1.82, 2.24) is 4.98 Å². The summed E-state index contributed by atoms with van der Waals surface area (Å²) in [6.07, 6.45) is 1.04. The number of hydrogen-bond acceptors (Lipinski definition) is 2. The maximum Gasteiger partial charge on any atom is 0.257 e. The van der Waals surface area contributed by atoms with E-state index < -0.39 is 34.9 Å². The lowest BCUT2D eigenvalue weighted by Gasteiger charge is -2.10. The molecule has 0 bridgehead atoms. The smallest absolute Gasteiger partial charge is 0.257 e. The first-order valence-corrected chi connectivity index (χ1v) is 6.02. The number of rotatable bonds is 2. The fraction of sp³-hybridized carbons (Fsp3) is 0. The molecule has 0 aliphatic rings. The molecule has 0 aliphatic heterocycles. The number of benzene rings is 1. The van der Waals surface area contributed by atoms with E-state index in [1.807, 2.05) is 0 Å². The third-order valence-corrected chi connectivity index (χ3v) is 2.92. The molecule has 1 aromatic carbocycles. The van der Waals surface area contributed by atoms with Gasteiger partial charge in [0.25, 0.3) is 5.91 Å². The molecule has 1 N–H and O–H groups in total. The lowest BCUT2D eigenvalue weighted by atomic mass is 10.2. The summed E-state index contributed by atoms with van der Waals surface area (Å²) in [6, 6.07) is 1.06. The van der Waals surface area contributed by atoms with Crippen LogP contribution >= 0.6 is 23.2 Å². The van der Waals surface area contributed by atoms with E-state index >= 15 is 0 Å². The molecule has 0 saturated heterocycles. The molecule has 9 heteroatoms. The fourth-order valence-electron chi connectivity index (χ4n) is 1.45. The second-order valence-electron chi connectivity index (χ2n) is 3.78. The molecule has 1 amide bonds. The van der Waals surface area contributed by atoms with Crippen LogP contribution < -0.4 is 5.32 Å². The van der Waals surface area contributed by atoms with Crippen molar-refractivity contribution in [2.75, 3.05) is 5.32 Å². The van der Waals surface area contributed by atoms with Gasteiger partial charge in [-0.05, 0) is 6.07 Å². The summed E-state index contributed by atoms with van der Waals surface area (Å²) in [6.45, 7) is 0. The lowest BCUT2D eigenvalue weighted by Crippen LogP contribution is -2.16. The van der Waals surface area contributed by atoms with Gasteiger partial charge in [0.05, 0.1) is 10.6 Å². The highest BCUT2D eigenvalue weighted by atomic mass is 35.5. The summed E-state index contributed by atoms with van der Waals surface area (Å²) in [5, 5.41) is 1.45. The van der Waals surface area contributed by atoms with Crippen molar-refractivity contribution in [2.24, 2.45) is 0 Å². The van der Waals surface area contributed by atoms with Crippen molar-refractivity contribution in [3.63, 3.8) is 0 Å². The highest BCUT2D eigenvalue weighted by Gasteiger charge is 2.22. The second kappa shape index (κ2) is 5.87. The number of carbonyl (C=O) groups excluding carboxylic acids is 1. The molecule has 0 radical (unpaired) electrons. The Morgan fingerprint density at radius 1 is 1.05 bits per heavy atom. The molecule has 110 valence electrons. The van der Waals surface area contributed by atoms with Crippen molar-refractivity contribution in [1.29, 1.82) is 0 Å². The number of halogens is 6. The number of hydrogen-bond donors (Lipinski definition) is 1. The zero-order chi connectivity index (χ0) is 15.7. The van der Waals surface area contributed by atoms with Crippen LogP contribution in [-0.4, -0.2) is 10.9 Å². The number of nitrogens with zero attached hydrogens (tertiary/aromatic N) is 1. The number of pyridine rings is 1. The third kappa shape index (κ3) is 3.08. The Bertz CT molecular complexity index is 713. The summed E-state index contributed by atoms with van der Waals surface area (Å²) in [7, 11) is 0. The van der Waals surface area contributed by atoms with Gasteiger partial charge in [-0.2, -0.15) is 0 Å². The van der Waals surface area contributed by atoms with Gasteiger partial charge in [-0.15, -0.1) is 0 Å². The maximum atomic E-state index is 13.4. The fourth-order valence-corrected chi connectivity index (χ4v) is 1.80. The van der Waals surface area contributed by atoms with Gasteiger partial charge >= 0.3 is 0 Å². The van der Waals surface area contributed by atoms with E-state index in [4.69, 9.17) is 23.2 Å². The number of aromatic nitrogens is 1. The number of anilines is 1. The van der Waals surface area contributed by atoms with Crippen LogP contribution in [0.4, 0.5) is 23.2 Å². The molecule has 2 rings (SSSR count). The molecular formula is C12H4Cl2F4N2O. The van der Waals surface area contributed by atoms with E-state index in [0.29, 0.717) is 0 Å². The monoisotopic (exact) mass is 338 g/mol. The summed E-state index contributed by atoms with van der Waals surface area (Å²) < 4.78 is 52.9. The average molecular weight is 339 g/mol. The van der Waals surface area contributed by atoms with E-state index in [2.05, 4.69) is 4.98 Å². The minimum absolute atomic E-state index is 0.0244. The van der Waals surface area contributed by atoms with Crippen LogP contribution in [0.1, 0.15) is 10.4 Å². The zero-order valence-corrected chi connectivity index (χ0v) is 11.4. The largest absolute Gasteiger partial charge is 0.317 e. The standard InChI is InChI=1S/C12H4Cl2F4N2O/c13-5-3-19-8(14)1-4(5)12(21)20-11-9(17)6(15)2-7(16)10(11)18/h1-3H,(H,20,21). The van der Waals surface area contributed by atoms with E-state index in [1.54, 1.807) is 5.32 Å². The van der Waals surface area contributed by atoms with Gasteiger partial charge in [0.1, 0.15) is 10.8 Å². The zero-order valence-electron chi connectivity index (χ0n) is 9.86. The molecule has 0 spiro atoms. The maximum absolute atomic E-state index is 13.4. The van der Waals surface area contributed by atoms with Crippen LogP contribution in [0, 0.1) is 23.3 Å². The Hall–Kier alpha value is -1.86.